The molecule has 0 bridgehead atoms. The van der Waals surface area contributed by atoms with Crippen molar-refractivity contribution in [1.82, 2.24) is 5.32 Å². The second-order valence-electron chi connectivity index (χ2n) is 2.96. The van der Waals surface area contributed by atoms with Crippen LogP contribution in [0.1, 0.15) is 0 Å². The molecule has 0 aliphatic carbocycles. The van der Waals surface area contributed by atoms with E-state index in [0.29, 0.717) is 12.4 Å². The zero-order chi connectivity index (χ0) is 12.4. The van der Waals surface area contributed by atoms with Crippen LogP contribution in [0, 0.1) is 0 Å². The van der Waals surface area contributed by atoms with E-state index >= 15 is 0 Å². The van der Waals surface area contributed by atoms with Crippen LogP contribution in [0.4, 0.5) is 0 Å². The highest BCUT2D eigenvalue weighted by Crippen LogP contribution is 1.99. The number of rotatable bonds is 9. The van der Waals surface area contributed by atoms with Gasteiger partial charge in [0, 0.05) is 20.0 Å². The summed E-state index contributed by atoms with van der Waals surface area (Å²) < 4.78 is 9.50. The Hall–Kier alpha value is -0.790. The first kappa shape index (κ1) is 15.2. The molecule has 2 N–H and O–H groups in total. The fourth-order valence-corrected chi connectivity index (χ4v) is 1.58. The molecule has 0 aliphatic rings. The molecular weight excluding hydrogens is 234 g/mol. The molecule has 1 unspecified atom stereocenters. The molecule has 0 radical (unpaired) electrons. The van der Waals surface area contributed by atoms with Gasteiger partial charge in [-0.3, -0.25) is 4.79 Å². The second-order valence-corrected chi connectivity index (χ2v) is 4.06. The number of carboxylic acid groups (broad SMARTS) is 1. The van der Waals surface area contributed by atoms with E-state index in [9.17, 15) is 9.59 Å². The summed E-state index contributed by atoms with van der Waals surface area (Å²) in [6.07, 6.45) is 0. The quantitative estimate of drug-likeness (QED) is 0.541. The smallest absolute Gasteiger partial charge is 0.328 e. The normalized spacial score (nSPS) is 12.1. The summed E-state index contributed by atoms with van der Waals surface area (Å²) in [6.45, 7) is 0.530. The molecule has 0 fully saturated rings. The van der Waals surface area contributed by atoms with E-state index in [1.165, 1.54) is 18.9 Å². The molecule has 0 aliphatic heterocycles. The Morgan fingerprint density at radius 1 is 1.38 bits per heavy atom. The SMILES string of the molecule is COCCSCC(=O)NC(COC)C(=O)O. The summed E-state index contributed by atoms with van der Waals surface area (Å²) >= 11 is 1.39. The van der Waals surface area contributed by atoms with Gasteiger partial charge in [0.2, 0.25) is 5.91 Å². The van der Waals surface area contributed by atoms with Crippen molar-refractivity contribution in [2.45, 2.75) is 6.04 Å². The van der Waals surface area contributed by atoms with E-state index in [1.807, 2.05) is 0 Å². The number of carbonyl (C=O) groups is 2. The lowest BCUT2D eigenvalue weighted by molar-refractivity contribution is -0.142. The molecule has 0 saturated heterocycles. The standard InChI is InChI=1S/C9H17NO5S/c1-14-3-4-16-6-8(11)10-7(5-15-2)9(12)13/h7H,3-6H2,1-2H3,(H,10,11)(H,12,13). The van der Waals surface area contributed by atoms with Gasteiger partial charge < -0.3 is 19.9 Å². The molecule has 0 aromatic rings. The van der Waals surface area contributed by atoms with E-state index in [2.05, 4.69) is 10.1 Å². The molecule has 0 spiro atoms. The van der Waals surface area contributed by atoms with Gasteiger partial charge in [0.1, 0.15) is 0 Å². The molecule has 0 saturated carbocycles. The highest BCUT2D eigenvalue weighted by Gasteiger charge is 2.19. The summed E-state index contributed by atoms with van der Waals surface area (Å²) in [4.78, 5) is 22.0. The number of aliphatic carboxylic acids is 1. The third-order valence-electron chi connectivity index (χ3n) is 1.63. The van der Waals surface area contributed by atoms with Crippen LogP contribution in [0.2, 0.25) is 0 Å². The number of hydrogen-bond acceptors (Lipinski definition) is 5. The number of carbonyl (C=O) groups excluding carboxylic acids is 1. The van der Waals surface area contributed by atoms with Crippen molar-refractivity contribution in [2.75, 3.05) is 38.9 Å². The van der Waals surface area contributed by atoms with E-state index in [0.717, 1.165) is 0 Å². The van der Waals surface area contributed by atoms with Crippen molar-refractivity contribution in [3.8, 4) is 0 Å². The first-order valence-corrected chi connectivity index (χ1v) is 5.85. The molecule has 0 aromatic heterocycles. The predicted octanol–water partition coefficient (Wildman–Crippen LogP) is -0.418. The van der Waals surface area contributed by atoms with Gasteiger partial charge in [-0.2, -0.15) is 0 Å². The second kappa shape index (κ2) is 9.44. The van der Waals surface area contributed by atoms with Crippen LogP contribution in [-0.2, 0) is 19.1 Å². The van der Waals surface area contributed by atoms with Crippen LogP contribution in [0.15, 0.2) is 0 Å². The Labute approximate surface area is 98.7 Å². The van der Waals surface area contributed by atoms with E-state index in [4.69, 9.17) is 9.84 Å². The maximum atomic E-state index is 11.3. The number of carboxylic acids is 1. The van der Waals surface area contributed by atoms with Gasteiger partial charge in [-0.05, 0) is 0 Å². The largest absolute Gasteiger partial charge is 0.480 e. The lowest BCUT2D eigenvalue weighted by Gasteiger charge is -2.13. The Morgan fingerprint density at radius 3 is 2.56 bits per heavy atom. The third-order valence-corrected chi connectivity index (χ3v) is 2.55. The average Bonchev–Trinajstić information content (AvgIpc) is 2.23. The zero-order valence-electron chi connectivity index (χ0n) is 9.39. The number of nitrogens with one attached hydrogen (secondary N) is 1. The van der Waals surface area contributed by atoms with Gasteiger partial charge in [-0.1, -0.05) is 0 Å². The number of ether oxygens (including phenoxy) is 2. The number of hydrogen-bond donors (Lipinski definition) is 2. The zero-order valence-corrected chi connectivity index (χ0v) is 10.2. The van der Waals surface area contributed by atoms with Gasteiger partial charge in [-0.25, -0.2) is 4.79 Å². The Bertz CT molecular complexity index is 224. The number of thioether (sulfide) groups is 1. The molecule has 0 rings (SSSR count). The Kier molecular flexibility index (Phi) is 8.97. The molecular formula is C9H17NO5S. The molecule has 94 valence electrons. The van der Waals surface area contributed by atoms with Gasteiger partial charge in [-0.15, -0.1) is 11.8 Å². The van der Waals surface area contributed by atoms with E-state index in [-0.39, 0.29) is 18.3 Å². The van der Waals surface area contributed by atoms with Crippen molar-refractivity contribution >= 4 is 23.6 Å². The third kappa shape index (κ3) is 7.49. The van der Waals surface area contributed by atoms with E-state index in [1.54, 1.807) is 7.11 Å². The van der Waals surface area contributed by atoms with E-state index < -0.39 is 12.0 Å². The minimum absolute atomic E-state index is 0.0379. The maximum absolute atomic E-state index is 11.3. The summed E-state index contributed by atoms with van der Waals surface area (Å²) in [5.41, 5.74) is 0. The van der Waals surface area contributed by atoms with Crippen LogP contribution in [0.5, 0.6) is 0 Å². The topological polar surface area (TPSA) is 84.9 Å². The van der Waals surface area contributed by atoms with Gasteiger partial charge >= 0.3 is 5.97 Å². The lowest BCUT2D eigenvalue weighted by atomic mass is 10.3. The molecule has 6 nitrogen and oxygen atoms in total. The highest BCUT2D eigenvalue weighted by atomic mass is 32.2. The van der Waals surface area contributed by atoms with Crippen molar-refractivity contribution in [3.05, 3.63) is 0 Å². The van der Waals surface area contributed by atoms with Gasteiger partial charge in [0.25, 0.3) is 0 Å². The summed E-state index contributed by atoms with van der Waals surface area (Å²) in [6, 6.07) is -0.986. The van der Waals surface area contributed by atoms with Crippen LogP contribution in [-0.4, -0.2) is 62.0 Å². The van der Waals surface area contributed by atoms with Crippen molar-refractivity contribution in [1.29, 1.82) is 0 Å². The Balaban J connectivity index is 3.77. The number of methoxy groups -OCH3 is 2. The summed E-state index contributed by atoms with van der Waals surface area (Å²) in [7, 11) is 2.97. The lowest BCUT2D eigenvalue weighted by Crippen LogP contribution is -2.44. The van der Waals surface area contributed by atoms with Crippen molar-refractivity contribution in [2.24, 2.45) is 0 Å². The van der Waals surface area contributed by atoms with Crippen LogP contribution in [0.3, 0.4) is 0 Å². The molecule has 0 aromatic carbocycles. The first-order valence-electron chi connectivity index (χ1n) is 4.69. The maximum Gasteiger partial charge on any atom is 0.328 e. The van der Waals surface area contributed by atoms with Crippen molar-refractivity contribution < 1.29 is 24.2 Å². The molecule has 7 heteroatoms. The minimum Gasteiger partial charge on any atom is -0.480 e. The fraction of sp³-hybridized carbons (Fsp3) is 0.778. The first-order chi connectivity index (χ1) is 7.61. The number of amides is 1. The summed E-state index contributed by atoms with van der Waals surface area (Å²) in [5.74, 6) is -0.495. The van der Waals surface area contributed by atoms with Crippen LogP contribution in [0.25, 0.3) is 0 Å². The minimum atomic E-state index is -1.10. The van der Waals surface area contributed by atoms with Crippen LogP contribution < -0.4 is 5.32 Å². The predicted molar refractivity (Wildman–Crippen MR) is 60.6 cm³/mol. The van der Waals surface area contributed by atoms with Crippen molar-refractivity contribution in [3.63, 3.8) is 0 Å². The van der Waals surface area contributed by atoms with Gasteiger partial charge in [0.05, 0.1) is 19.0 Å². The average molecular weight is 251 g/mol. The monoisotopic (exact) mass is 251 g/mol. The Morgan fingerprint density at radius 2 is 2.06 bits per heavy atom. The molecule has 1 amide bonds. The molecule has 1 atom stereocenters. The van der Waals surface area contributed by atoms with Crippen LogP contribution >= 0.6 is 11.8 Å². The summed E-state index contributed by atoms with van der Waals surface area (Å²) in [5, 5.41) is 11.1. The van der Waals surface area contributed by atoms with Gasteiger partial charge in [0.15, 0.2) is 6.04 Å². The highest BCUT2D eigenvalue weighted by molar-refractivity contribution is 7.99. The molecule has 16 heavy (non-hydrogen) atoms. The molecule has 0 heterocycles. The fourth-order valence-electron chi connectivity index (χ4n) is 0.884.